The van der Waals surface area contributed by atoms with E-state index in [1.807, 2.05) is 44.2 Å². The van der Waals surface area contributed by atoms with E-state index in [0.29, 0.717) is 33.7 Å². The molecule has 0 fully saturated rings. The van der Waals surface area contributed by atoms with Crippen molar-refractivity contribution >= 4 is 28.6 Å². The van der Waals surface area contributed by atoms with E-state index >= 15 is 0 Å². The van der Waals surface area contributed by atoms with Crippen LogP contribution in [0.4, 0.5) is 5.69 Å². The lowest BCUT2D eigenvalue weighted by molar-refractivity contribution is -0.139. The summed E-state index contributed by atoms with van der Waals surface area (Å²) in [6.45, 7) is 3.59. The number of nitrogens with one attached hydrogen (secondary N) is 1. The molecule has 0 aliphatic rings. The molecule has 2 heterocycles. The van der Waals surface area contributed by atoms with Gasteiger partial charge >= 0.3 is 5.97 Å². The summed E-state index contributed by atoms with van der Waals surface area (Å²) in [6, 6.07) is 18.0. The number of benzene rings is 2. The molecule has 2 aromatic heterocycles. The summed E-state index contributed by atoms with van der Waals surface area (Å²) in [6.07, 6.45) is 1.66. The van der Waals surface area contributed by atoms with Gasteiger partial charge in [-0.1, -0.05) is 30.3 Å². The Morgan fingerprint density at radius 3 is 2.47 bits per heavy atom. The summed E-state index contributed by atoms with van der Waals surface area (Å²) in [5.74, 6) is -0.946. The van der Waals surface area contributed by atoms with Crippen LogP contribution in [0.5, 0.6) is 5.75 Å². The Labute approximate surface area is 184 Å². The molecule has 1 amide bonds. The van der Waals surface area contributed by atoms with Crippen molar-refractivity contribution < 1.29 is 19.4 Å². The van der Waals surface area contributed by atoms with E-state index in [4.69, 9.17) is 14.8 Å². The maximum atomic E-state index is 13.2. The molecule has 0 aliphatic heterocycles. The molecule has 0 atom stereocenters. The lowest BCUT2D eigenvalue weighted by Gasteiger charge is -2.11. The molecule has 0 spiro atoms. The van der Waals surface area contributed by atoms with Crippen molar-refractivity contribution in [2.75, 3.05) is 11.9 Å². The van der Waals surface area contributed by atoms with E-state index in [9.17, 15) is 9.59 Å². The first kappa shape index (κ1) is 21.0. The highest BCUT2D eigenvalue weighted by molar-refractivity contribution is 6.12. The highest BCUT2D eigenvalue weighted by Gasteiger charge is 2.18. The molecule has 0 aliphatic carbocycles. The maximum absolute atomic E-state index is 13.2. The number of fused-ring (bicyclic) bond motifs is 1. The molecular weight excluding hydrogens is 408 g/mol. The Hall–Kier alpha value is -4.20. The Morgan fingerprint density at radius 2 is 1.81 bits per heavy atom. The smallest absolute Gasteiger partial charge is 0.341 e. The van der Waals surface area contributed by atoms with Gasteiger partial charge in [-0.3, -0.25) is 4.79 Å². The highest BCUT2D eigenvalue weighted by Crippen LogP contribution is 2.27. The van der Waals surface area contributed by atoms with Crippen LogP contribution in [0, 0.1) is 0 Å². The van der Waals surface area contributed by atoms with E-state index in [-0.39, 0.29) is 11.9 Å². The number of carbonyl (C=O) groups is 2. The predicted molar refractivity (Wildman–Crippen MR) is 121 cm³/mol. The summed E-state index contributed by atoms with van der Waals surface area (Å²) in [5, 5.41) is 16.7. The number of amides is 1. The van der Waals surface area contributed by atoms with Crippen molar-refractivity contribution in [3.8, 4) is 17.0 Å². The minimum atomic E-state index is -1.06. The fourth-order valence-electron chi connectivity index (χ4n) is 3.32. The lowest BCUT2D eigenvalue weighted by Crippen LogP contribution is -2.13. The van der Waals surface area contributed by atoms with Gasteiger partial charge in [0.2, 0.25) is 0 Å². The topological polar surface area (TPSA) is 106 Å². The zero-order chi connectivity index (χ0) is 22.7. The van der Waals surface area contributed by atoms with Crippen LogP contribution in [0.3, 0.4) is 0 Å². The second kappa shape index (κ2) is 8.89. The third kappa shape index (κ3) is 4.44. The number of ether oxygens (including phenoxy) is 1. The molecule has 2 N–H and O–H groups in total. The zero-order valence-corrected chi connectivity index (χ0v) is 17.6. The van der Waals surface area contributed by atoms with Gasteiger partial charge in [-0.25, -0.2) is 14.5 Å². The number of anilines is 1. The number of carbonyl (C=O) groups excluding carboxylic acids is 1. The SMILES string of the molecule is CC(C)n1ncc2c(C(=O)Nc3ccc(OCC(=O)O)cc3)cc(-c3ccccc3)nc21. The van der Waals surface area contributed by atoms with Gasteiger partial charge in [0.15, 0.2) is 12.3 Å². The molecule has 0 saturated carbocycles. The molecule has 8 heteroatoms. The average Bonchev–Trinajstić information content (AvgIpc) is 3.23. The van der Waals surface area contributed by atoms with Crippen molar-refractivity contribution in [2.45, 2.75) is 19.9 Å². The van der Waals surface area contributed by atoms with Gasteiger partial charge in [-0.05, 0) is 44.2 Å². The van der Waals surface area contributed by atoms with E-state index in [1.54, 1.807) is 41.2 Å². The largest absolute Gasteiger partial charge is 0.482 e. The molecule has 8 nitrogen and oxygen atoms in total. The van der Waals surface area contributed by atoms with Crippen molar-refractivity contribution in [3.05, 3.63) is 72.4 Å². The van der Waals surface area contributed by atoms with Gasteiger partial charge in [0.25, 0.3) is 5.91 Å². The van der Waals surface area contributed by atoms with Gasteiger partial charge in [0, 0.05) is 17.3 Å². The molecular formula is C24H22N4O4. The zero-order valence-electron chi connectivity index (χ0n) is 17.6. The van der Waals surface area contributed by atoms with Crippen LogP contribution < -0.4 is 10.1 Å². The number of hydrogen-bond donors (Lipinski definition) is 2. The molecule has 4 rings (SSSR count). The van der Waals surface area contributed by atoms with Crippen molar-refractivity contribution in [2.24, 2.45) is 0 Å². The van der Waals surface area contributed by atoms with Crippen molar-refractivity contribution in [3.63, 3.8) is 0 Å². The number of hydrogen-bond acceptors (Lipinski definition) is 5. The third-order valence-corrected chi connectivity index (χ3v) is 4.84. The summed E-state index contributed by atoms with van der Waals surface area (Å²) >= 11 is 0. The quantitative estimate of drug-likeness (QED) is 0.450. The van der Waals surface area contributed by atoms with Crippen LogP contribution in [0.2, 0.25) is 0 Å². The predicted octanol–water partition coefficient (Wildman–Crippen LogP) is 4.39. The summed E-state index contributed by atoms with van der Waals surface area (Å²) in [7, 11) is 0. The molecule has 4 aromatic rings. The molecule has 0 unspecified atom stereocenters. The number of carboxylic acid groups (broad SMARTS) is 1. The normalized spacial score (nSPS) is 11.0. The van der Waals surface area contributed by atoms with E-state index in [0.717, 1.165) is 5.56 Å². The molecule has 162 valence electrons. The first-order chi connectivity index (χ1) is 15.4. The highest BCUT2D eigenvalue weighted by atomic mass is 16.5. The van der Waals surface area contributed by atoms with Crippen molar-refractivity contribution in [1.29, 1.82) is 0 Å². The van der Waals surface area contributed by atoms with Crippen LogP contribution in [0.25, 0.3) is 22.3 Å². The molecule has 0 radical (unpaired) electrons. The summed E-state index contributed by atoms with van der Waals surface area (Å²) in [5.41, 5.74) is 3.25. The van der Waals surface area contributed by atoms with Gasteiger partial charge in [-0.15, -0.1) is 0 Å². The summed E-state index contributed by atoms with van der Waals surface area (Å²) in [4.78, 5) is 28.6. The van der Waals surface area contributed by atoms with Crippen LogP contribution >= 0.6 is 0 Å². The Balaban J connectivity index is 1.68. The number of aromatic nitrogens is 3. The van der Waals surface area contributed by atoms with Crippen LogP contribution in [0.1, 0.15) is 30.2 Å². The lowest BCUT2D eigenvalue weighted by atomic mass is 10.1. The maximum Gasteiger partial charge on any atom is 0.341 e. The fraction of sp³-hybridized carbons (Fsp3) is 0.167. The van der Waals surface area contributed by atoms with Crippen molar-refractivity contribution in [1.82, 2.24) is 14.8 Å². The Morgan fingerprint density at radius 1 is 1.09 bits per heavy atom. The van der Waals surface area contributed by atoms with Gasteiger partial charge in [-0.2, -0.15) is 5.10 Å². The van der Waals surface area contributed by atoms with Gasteiger partial charge < -0.3 is 15.2 Å². The molecule has 32 heavy (non-hydrogen) atoms. The summed E-state index contributed by atoms with van der Waals surface area (Å²) < 4.78 is 6.93. The first-order valence-electron chi connectivity index (χ1n) is 10.1. The van der Waals surface area contributed by atoms with Crippen LogP contribution in [-0.4, -0.2) is 38.4 Å². The standard InChI is InChI=1S/C24H22N4O4/c1-15(2)28-23-20(13-25-28)19(12-21(27-23)16-6-4-3-5-7-16)24(31)26-17-8-10-18(11-9-17)32-14-22(29)30/h3-13,15H,14H2,1-2H3,(H,26,31)(H,29,30). The fourth-order valence-corrected chi connectivity index (χ4v) is 3.32. The minimum absolute atomic E-state index is 0.0836. The van der Waals surface area contributed by atoms with E-state index in [1.165, 1.54) is 0 Å². The van der Waals surface area contributed by atoms with Crippen LogP contribution in [-0.2, 0) is 4.79 Å². The third-order valence-electron chi connectivity index (χ3n) is 4.84. The minimum Gasteiger partial charge on any atom is -0.482 e. The second-order valence-corrected chi connectivity index (χ2v) is 7.50. The van der Waals surface area contributed by atoms with Crippen LogP contribution in [0.15, 0.2) is 66.9 Å². The first-order valence-corrected chi connectivity index (χ1v) is 10.1. The Kier molecular flexibility index (Phi) is 5.85. The van der Waals surface area contributed by atoms with Gasteiger partial charge in [0.1, 0.15) is 5.75 Å². The second-order valence-electron chi connectivity index (χ2n) is 7.50. The van der Waals surface area contributed by atoms with Gasteiger partial charge in [0.05, 0.1) is 22.8 Å². The van der Waals surface area contributed by atoms with E-state index < -0.39 is 12.6 Å². The molecule has 0 saturated heterocycles. The molecule has 2 aromatic carbocycles. The molecule has 0 bridgehead atoms. The number of pyridine rings is 1. The Bertz CT molecular complexity index is 1260. The number of carboxylic acids is 1. The number of nitrogens with zero attached hydrogens (tertiary/aromatic N) is 3. The number of aliphatic carboxylic acids is 1. The monoisotopic (exact) mass is 430 g/mol. The van der Waals surface area contributed by atoms with E-state index in [2.05, 4.69) is 10.4 Å². The average molecular weight is 430 g/mol. The number of rotatable bonds is 7.